The second-order valence-corrected chi connectivity index (χ2v) is 6.90. The van der Waals surface area contributed by atoms with E-state index < -0.39 is 0 Å². The topological polar surface area (TPSA) is 104 Å². The van der Waals surface area contributed by atoms with Crippen molar-refractivity contribution in [3.63, 3.8) is 0 Å². The van der Waals surface area contributed by atoms with Gasteiger partial charge in [0, 0.05) is 36.7 Å². The van der Waals surface area contributed by atoms with Crippen LogP contribution < -0.4 is 5.32 Å². The molecule has 4 rings (SSSR count). The molecular weight excluding hydrogens is 320 g/mol. The van der Waals surface area contributed by atoms with Crippen molar-refractivity contribution in [2.24, 2.45) is 5.92 Å². The van der Waals surface area contributed by atoms with Crippen LogP contribution in [0, 0.1) is 19.8 Å². The molecule has 2 fully saturated rings. The Bertz CT molecular complexity index is 809. The molecule has 2 atom stereocenters. The Balaban J connectivity index is 1.59. The highest BCUT2D eigenvalue weighted by atomic mass is 16.2. The Morgan fingerprint density at radius 3 is 2.72 bits per heavy atom. The molecule has 2 aromatic rings. The number of aromatic amines is 1. The number of aromatic nitrogens is 4. The van der Waals surface area contributed by atoms with Crippen molar-refractivity contribution in [3.8, 4) is 11.4 Å². The Hall–Kier alpha value is -2.77. The molecule has 2 saturated heterocycles. The zero-order chi connectivity index (χ0) is 17.6. The predicted molar refractivity (Wildman–Crippen MR) is 89.6 cm³/mol. The fraction of sp³-hybridized carbons (Fsp3) is 0.471. The number of aryl methyl sites for hydroxylation is 2. The van der Waals surface area contributed by atoms with Crippen molar-refractivity contribution >= 4 is 11.8 Å². The summed E-state index contributed by atoms with van der Waals surface area (Å²) in [4.78, 5) is 26.5. The quantitative estimate of drug-likeness (QED) is 0.843. The van der Waals surface area contributed by atoms with Gasteiger partial charge in [-0.1, -0.05) is 0 Å². The van der Waals surface area contributed by atoms with Crippen LogP contribution in [-0.2, 0) is 4.79 Å². The van der Waals surface area contributed by atoms with Crippen molar-refractivity contribution in [2.75, 3.05) is 13.1 Å². The number of nitrogens with zero attached hydrogens (tertiary/aromatic N) is 4. The molecule has 8 heteroatoms. The number of carbonyl (C=O) groups is 2. The SMILES string of the molecule is Cc1cc(-c2nn[nH]n2)cc(C)c1C(=O)N1CC[C@@H]2CC(=O)N[C@@H]2C1. The molecule has 8 nitrogen and oxygen atoms in total. The van der Waals surface area contributed by atoms with E-state index in [1.807, 2.05) is 30.9 Å². The minimum absolute atomic E-state index is 0.0225. The van der Waals surface area contributed by atoms with Crippen LogP contribution in [0.2, 0.25) is 0 Å². The van der Waals surface area contributed by atoms with Gasteiger partial charge in [0.05, 0.1) is 0 Å². The normalized spacial score (nSPS) is 22.6. The number of benzene rings is 1. The summed E-state index contributed by atoms with van der Waals surface area (Å²) >= 11 is 0. The largest absolute Gasteiger partial charge is 0.351 e. The van der Waals surface area contributed by atoms with Crippen LogP contribution in [0.25, 0.3) is 11.4 Å². The van der Waals surface area contributed by atoms with Gasteiger partial charge in [-0.2, -0.15) is 5.21 Å². The van der Waals surface area contributed by atoms with Crippen molar-refractivity contribution < 1.29 is 9.59 Å². The van der Waals surface area contributed by atoms with Crippen molar-refractivity contribution in [1.29, 1.82) is 0 Å². The number of hydrogen-bond acceptors (Lipinski definition) is 5. The molecule has 0 saturated carbocycles. The average molecular weight is 340 g/mol. The van der Waals surface area contributed by atoms with Crippen molar-refractivity contribution in [1.82, 2.24) is 30.8 Å². The summed E-state index contributed by atoms with van der Waals surface area (Å²) in [5.41, 5.74) is 3.34. The highest BCUT2D eigenvalue weighted by Gasteiger charge is 2.38. The van der Waals surface area contributed by atoms with E-state index in [4.69, 9.17) is 0 Å². The Labute approximate surface area is 145 Å². The van der Waals surface area contributed by atoms with Crippen LogP contribution in [0.15, 0.2) is 12.1 Å². The van der Waals surface area contributed by atoms with Gasteiger partial charge in [0.2, 0.25) is 11.7 Å². The summed E-state index contributed by atoms with van der Waals surface area (Å²) in [7, 11) is 0. The van der Waals surface area contributed by atoms with E-state index in [2.05, 4.69) is 25.9 Å². The van der Waals surface area contributed by atoms with Crippen LogP contribution >= 0.6 is 0 Å². The first-order valence-corrected chi connectivity index (χ1v) is 8.46. The zero-order valence-electron chi connectivity index (χ0n) is 14.2. The molecule has 0 unspecified atom stereocenters. The number of rotatable bonds is 2. The molecule has 0 bridgehead atoms. The van der Waals surface area contributed by atoms with Gasteiger partial charge in [0.1, 0.15) is 0 Å². The van der Waals surface area contributed by atoms with E-state index in [1.165, 1.54) is 0 Å². The fourth-order valence-electron chi connectivity index (χ4n) is 3.97. The number of piperidine rings is 1. The Morgan fingerprint density at radius 1 is 1.28 bits per heavy atom. The maximum absolute atomic E-state index is 13.1. The summed E-state index contributed by atoms with van der Waals surface area (Å²) in [6, 6.07) is 3.91. The maximum Gasteiger partial charge on any atom is 0.254 e. The van der Waals surface area contributed by atoms with Gasteiger partial charge < -0.3 is 10.2 Å². The minimum atomic E-state index is 0.0225. The number of amides is 2. The summed E-state index contributed by atoms with van der Waals surface area (Å²) < 4.78 is 0. The highest BCUT2D eigenvalue weighted by molar-refractivity contribution is 5.98. The van der Waals surface area contributed by atoms with Gasteiger partial charge in [-0.05, 0) is 54.7 Å². The van der Waals surface area contributed by atoms with E-state index in [-0.39, 0.29) is 17.9 Å². The van der Waals surface area contributed by atoms with Gasteiger partial charge in [0.25, 0.3) is 5.91 Å². The zero-order valence-corrected chi connectivity index (χ0v) is 14.2. The molecule has 0 spiro atoms. The summed E-state index contributed by atoms with van der Waals surface area (Å²) in [5, 5.41) is 17.0. The van der Waals surface area contributed by atoms with Crippen LogP contribution in [0.5, 0.6) is 0 Å². The van der Waals surface area contributed by atoms with Gasteiger partial charge in [-0.25, -0.2) is 0 Å². The summed E-state index contributed by atoms with van der Waals surface area (Å²) in [6.45, 7) is 5.13. The number of tetrazole rings is 1. The molecule has 0 aliphatic carbocycles. The third-order valence-corrected chi connectivity index (χ3v) is 5.19. The second-order valence-electron chi connectivity index (χ2n) is 6.90. The van der Waals surface area contributed by atoms with Gasteiger partial charge in [-0.15, -0.1) is 10.2 Å². The van der Waals surface area contributed by atoms with E-state index in [0.29, 0.717) is 31.3 Å². The molecule has 1 aromatic heterocycles. The molecule has 130 valence electrons. The average Bonchev–Trinajstić information content (AvgIpc) is 3.21. The molecule has 3 heterocycles. The fourth-order valence-corrected chi connectivity index (χ4v) is 3.97. The lowest BCUT2D eigenvalue weighted by atomic mass is 9.91. The molecule has 25 heavy (non-hydrogen) atoms. The Morgan fingerprint density at radius 2 is 2.04 bits per heavy atom. The maximum atomic E-state index is 13.1. The second kappa shape index (κ2) is 5.94. The molecule has 2 amide bonds. The van der Waals surface area contributed by atoms with Gasteiger partial charge in [-0.3, -0.25) is 9.59 Å². The van der Waals surface area contributed by atoms with Crippen molar-refractivity contribution in [3.05, 3.63) is 28.8 Å². The smallest absolute Gasteiger partial charge is 0.254 e. The van der Waals surface area contributed by atoms with Gasteiger partial charge >= 0.3 is 0 Å². The molecule has 1 aromatic carbocycles. The number of carbonyl (C=O) groups excluding carboxylic acids is 2. The summed E-state index contributed by atoms with van der Waals surface area (Å²) in [6.07, 6.45) is 1.46. The molecule has 2 aliphatic rings. The first-order chi connectivity index (χ1) is 12.0. The first kappa shape index (κ1) is 15.7. The van der Waals surface area contributed by atoms with Crippen molar-refractivity contribution in [2.45, 2.75) is 32.7 Å². The first-order valence-electron chi connectivity index (χ1n) is 8.46. The lowest BCUT2D eigenvalue weighted by Crippen LogP contribution is -2.49. The number of likely N-dealkylation sites (tertiary alicyclic amines) is 1. The molecular formula is C17H20N6O2. The van der Waals surface area contributed by atoms with Crippen LogP contribution in [0.1, 0.15) is 34.3 Å². The van der Waals surface area contributed by atoms with Crippen LogP contribution in [0.3, 0.4) is 0 Å². The Kier molecular flexibility index (Phi) is 3.74. The molecule has 2 N–H and O–H groups in total. The van der Waals surface area contributed by atoms with E-state index in [9.17, 15) is 9.59 Å². The van der Waals surface area contributed by atoms with E-state index >= 15 is 0 Å². The van der Waals surface area contributed by atoms with Gasteiger partial charge in [0.15, 0.2) is 0 Å². The number of nitrogens with one attached hydrogen (secondary N) is 2. The lowest BCUT2D eigenvalue weighted by molar-refractivity contribution is -0.119. The standard InChI is InChI=1S/C17H20N6O2/c1-9-5-12(16-19-21-22-20-16)6-10(2)15(9)17(25)23-4-3-11-7-14(24)18-13(11)8-23/h5-6,11,13H,3-4,7-8H2,1-2H3,(H,18,24)(H,19,20,21,22)/t11-,13-/m1/s1. The highest BCUT2D eigenvalue weighted by Crippen LogP contribution is 2.29. The lowest BCUT2D eigenvalue weighted by Gasteiger charge is -2.35. The molecule has 0 radical (unpaired) electrons. The van der Waals surface area contributed by atoms with E-state index in [0.717, 1.165) is 28.7 Å². The monoisotopic (exact) mass is 340 g/mol. The van der Waals surface area contributed by atoms with Crippen LogP contribution in [0.4, 0.5) is 0 Å². The summed E-state index contributed by atoms with van der Waals surface area (Å²) in [5.74, 6) is 0.995. The van der Waals surface area contributed by atoms with Crippen LogP contribution in [-0.4, -0.2) is 56.5 Å². The minimum Gasteiger partial charge on any atom is -0.351 e. The third kappa shape index (κ3) is 2.77. The number of H-pyrrole nitrogens is 1. The predicted octanol–water partition coefficient (Wildman–Crippen LogP) is 0.834. The van der Waals surface area contributed by atoms with E-state index in [1.54, 1.807) is 0 Å². The third-order valence-electron chi connectivity index (χ3n) is 5.19. The molecule has 2 aliphatic heterocycles. The number of fused-ring (bicyclic) bond motifs is 1. The number of hydrogen-bond donors (Lipinski definition) is 2.